The van der Waals surface area contributed by atoms with Crippen molar-refractivity contribution in [2.45, 2.75) is 5.75 Å². The van der Waals surface area contributed by atoms with Crippen molar-refractivity contribution >= 4 is 52.3 Å². The van der Waals surface area contributed by atoms with Gasteiger partial charge in [-0.05, 0) is 18.2 Å². The lowest BCUT2D eigenvalue weighted by Crippen LogP contribution is -2.16. The summed E-state index contributed by atoms with van der Waals surface area (Å²) in [5.41, 5.74) is 0.225. The molecule has 110 valence electrons. The van der Waals surface area contributed by atoms with Crippen molar-refractivity contribution in [1.82, 2.24) is 4.98 Å². The van der Waals surface area contributed by atoms with E-state index in [0.29, 0.717) is 5.75 Å². The fourth-order valence-corrected chi connectivity index (χ4v) is 3.57. The van der Waals surface area contributed by atoms with E-state index >= 15 is 0 Å². The SMILES string of the molecule is O=C(CSCc1ccc(Cl)s1)Nc1cnccc1C(=O)O. The summed E-state index contributed by atoms with van der Waals surface area (Å²) in [5.74, 6) is -0.459. The standard InChI is InChI=1S/C13H11ClN2O3S2/c14-11-2-1-8(21-11)6-20-7-12(17)16-10-5-15-4-3-9(10)13(18)19/h1-5H,6-7H2,(H,16,17)(H,18,19). The van der Waals surface area contributed by atoms with E-state index in [0.717, 1.165) is 9.21 Å². The third-order valence-electron chi connectivity index (χ3n) is 2.43. The first kappa shape index (κ1) is 15.8. The largest absolute Gasteiger partial charge is 0.478 e. The maximum atomic E-state index is 11.8. The van der Waals surface area contributed by atoms with E-state index in [2.05, 4.69) is 10.3 Å². The van der Waals surface area contributed by atoms with Crippen LogP contribution in [-0.2, 0) is 10.5 Å². The summed E-state index contributed by atoms with van der Waals surface area (Å²) >= 11 is 8.73. The monoisotopic (exact) mass is 342 g/mol. The number of hydrogen-bond acceptors (Lipinski definition) is 5. The van der Waals surface area contributed by atoms with Crippen LogP contribution in [0.5, 0.6) is 0 Å². The summed E-state index contributed by atoms with van der Waals surface area (Å²) in [6.07, 6.45) is 2.69. The molecule has 0 radical (unpaired) electrons. The maximum absolute atomic E-state index is 11.8. The Kier molecular flexibility index (Phi) is 5.60. The van der Waals surface area contributed by atoms with Crippen LogP contribution in [0.3, 0.4) is 0 Å². The zero-order chi connectivity index (χ0) is 15.2. The van der Waals surface area contributed by atoms with Gasteiger partial charge >= 0.3 is 5.97 Å². The van der Waals surface area contributed by atoms with Gasteiger partial charge in [0, 0.05) is 16.8 Å². The highest BCUT2D eigenvalue weighted by atomic mass is 35.5. The molecular weight excluding hydrogens is 332 g/mol. The third-order valence-corrected chi connectivity index (χ3v) is 4.83. The molecule has 0 atom stereocenters. The first-order chi connectivity index (χ1) is 10.1. The molecule has 0 aromatic carbocycles. The van der Waals surface area contributed by atoms with Gasteiger partial charge in [-0.3, -0.25) is 9.78 Å². The van der Waals surface area contributed by atoms with Crippen LogP contribution in [0, 0.1) is 0 Å². The smallest absolute Gasteiger partial charge is 0.337 e. The lowest BCUT2D eigenvalue weighted by atomic mass is 10.2. The fraction of sp³-hybridized carbons (Fsp3) is 0.154. The second kappa shape index (κ2) is 7.44. The number of carbonyl (C=O) groups excluding carboxylic acids is 1. The van der Waals surface area contributed by atoms with Crippen molar-refractivity contribution in [2.24, 2.45) is 0 Å². The van der Waals surface area contributed by atoms with Crippen molar-refractivity contribution in [3.8, 4) is 0 Å². The van der Waals surface area contributed by atoms with Crippen LogP contribution in [0.1, 0.15) is 15.2 Å². The molecule has 2 aromatic heterocycles. The Hall–Kier alpha value is -1.57. The zero-order valence-corrected chi connectivity index (χ0v) is 13.1. The van der Waals surface area contributed by atoms with E-state index in [1.165, 1.54) is 41.6 Å². The van der Waals surface area contributed by atoms with Crippen LogP contribution >= 0.6 is 34.7 Å². The van der Waals surface area contributed by atoms with Crippen molar-refractivity contribution in [2.75, 3.05) is 11.1 Å². The predicted octanol–water partition coefficient (Wildman–Crippen LogP) is 3.37. The second-order valence-corrected chi connectivity index (χ2v) is 6.76. The maximum Gasteiger partial charge on any atom is 0.337 e. The number of amides is 1. The molecular formula is C13H11ClN2O3S2. The molecule has 0 fully saturated rings. The highest BCUT2D eigenvalue weighted by Gasteiger charge is 2.12. The molecule has 0 unspecified atom stereocenters. The number of thioether (sulfide) groups is 1. The summed E-state index contributed by atoms with van der Waals surface area (Å²) in [7, 11) is 0. The van der Waals surface area contributed by atoms with Gasteiger partial charge in [0.2, 0.25) is 5.91 Å². The first-order valence-electron chi connectivity index (χ1n) is 5.85. The number of hydrogen-bond donors (Lipinski definition) is 2. The van der Waals surface area contributed by atoms with Crippen molar-refractivity contribution in [1.29, 1.82) is 0 Å². The number of carbonyl (C=O) groups is 2. The lowest BCUT2D eigenvalue weighted by molar-refractivity contribution is -0.113. The summed E-state index contributed by atoms with van der Waals surface area (Å²) in [5, 5.41) is 11.6. The summed E-state index contributed by atoms with van der Waals surface area (Å²) in [4.78, 5) is 27.7. The normalized spacial score (nSPS) is 10.3. The highest BCUT2D eigenvalue weighted by Crippen LogP contribution is 2.25. The van der Waals surface area contributed by atoms with E-state index in [9.17, 15) is 9.59 Å². The Morgan fingerprint density at radius 2 is 2.19 bits per heavy atom. The van der Waals surface area contributed by atoms with Crippen molar-refractivity contribution in [3.05, 3.63) is 45.4 Å². The van der Waals surface area contributed by atoms with Crippen LogP contribution < -0.4 is 5.32 Å². The van der Waals surface area contributed by atoms with Gasteiger partial charge < -0.3 is 10.4 Å². The molecule has 0 aliphatic heterocycles. The Bertz CT molecular complexity index is 660. The highest BCUT2D eigenvalue weighted by molar-refractivity contribution is 7.99. The van der Waals surface area contributed by atoms with Gasteiger partial charge in [0.1, 0.15) is 0 Å². The molecule has 8 heteroatoms. The van der Waals surface area contributed by atoms with Gasteiger partial charge in [0.05, 0.1) is 27.5 Å². The van der Waals surface area contributed by atoms with Crippen LogP contribution in [-0.4, -0.2) is 27.7 Å². The molecule has 0 aliphatic rings. The van der Waals surface area contributed by atoms with Gasteiger partial charge in [0.15, 0.2) is 0 Å². The van der Waals surface area contributed by atoms with Gasteiger partial charge in [-0.2, -0.15) is 0 Å². The summed E-state index contributed by atoms with van der Waals surface area (Å²) < 4.78 is 0.719. The number of nitrogens with zero attached hydrogens (tertiary/aromatic N) is 1. The molecule has 0 saturated heterocycles. The minimum atomic E-state index is -1.10. The minimum Gasteiger partial charge on any atom is -0.478 e. The third kappa shape index (κ3) is 4.73. The number of rotatable bonds is 6. The number of carboxylic acid groups (broad SMARTS) is 1. The van der Waals surface area contributed by atoms with Crippen LogP contribution in [0.25, 0.3) is 0 Å². The van der Waals surface area contributed by atoms with Crippen molar-refractivity contribution in [3.63, 3.8) is 0 Å². The Morgan fingerprint density at radius 3 is 2.86 bits per heavy atom. The molecule has 0 bridgehead atoms. The lowest BCUT2D eigenvalue weighted by Gasteiger charge is -2.07. The van der Waals surface area contributed by atoms with Gasteiger partial charge in [-0.1, -0.05) is 11.6 Å². The fourth-order valence-electron chi connectivity index (χ4n) is 1.54. The van der Waals surface area contributed by atoms with Crippen LogP contribution in [0.2, 0.25) is 4.34 Å². The molecule has 0 saturated carbocycles. The average molecular weight is 343 g/mol. The van der Waals surface area contributed by atoms with Crippen LogP contribution in [0.4, 0.5) is 5.69 Å². The van der Waals surface area contributed by atoms with Gasteiger partial charge in [0.25, 0.3) is 0 Å². The molecule has 2 N–H and O–H groups in total. The minimum absolute atomic E-state index is 0.0217. The average Bonchev–Trinajstić information content (AvgIpc) is 2.85. The number of aromatic nitrogens is 1. The molecule has 2 heterocycles. The number of pyridine rings is 1. The van der Waals surface area contributed by atoms with E-state index < -0.39 is 5.97 Å². The van der Waals surface area contributed by atoms with E-state index in [-0.39, 0.29) is 22.9 Å². The second-order valence-electron chi connectivity index (χ2n) is 3.97. The number of carboxylic acids is 1. The molecule has 0 spiro atoms. The van der Waals surface area contributed by atoms with E-state index in [1.807, 2.05) is 12.1 Å². The van der Waals surface area contributed by atoms with Gasteiger partial charge in [-0.25, -0.2) is 4.79 Å². The quantitative estimate of drug-likeness (QED) is 0.841. The van der Waals surface area contributed by atoms with Crippen molar-refractivity contribution < 1.29 is 14.7 Å². The number of nitrogens with one attached hydrogen (secondary N) is 1. The topological polar surface area (TPSA) is 79.3 Å². The molecule has 5 nitrogen and oxygen atoms in total. The summed E-state index contributed by atoms with van der Waals surface area (Å²) in [6, 6.07) is 5.08. The number of anilines is 1. The molecule has 21 heavy (non-hydrogen) atoms. The zero-order valence-electron chi connectivity index (χ0n) is 10.7. The number of thiophene rings is 1. The van der Waals surface area contributed by atoms with Crippen LogP contribution in [0.15, 0.2) is 30.6 Å². The molecule has 0 aliphatic carbocycles. The van der Waals surface area contributed by atoms with E-state index in [4.69, 9.17) is 16.7 Å². The predicted molar refractivity (Wildman–Crippen MR) is 85.3 cm³/mol. The molecule has 2 rings (SSSR count). The first-order valence-corrected chi connectivity index (χ1v) is 8.20. The number of aromatic carboxylic acids is 1. The summed E-state index contributed by atoms with van der Waals surface area (Å²) in [6.45, 7) is 0. The Labute approximate surface area is 134 Å². The molecule has 2 aromatic rings. The van der Waals surface area contributed by atoms with Gasteiger partial charge in [-0.15, -0.1) is 23.1 Å². The Balaban J connectivity index is 1.86. The molecule has 1 amide bonds. The number of halogens is 1. The Morgan fingerprint density at radius 1 is 1.38 bits per heavy atom. The van der Waals surface area contributed by atoms with E-state index in [1.54, 1.807) is 0 Å².